The standard InChI is InChI=1S/C18H24N2O7S/c1-5-12(2)17(18(22)25-4)19-16(21)11-20(3)28(23,24)13-6-7-14-15(10-13)27-9-8-26-14/h5-7,10,12,17H,1,8-9,11H2,2-4H3,(H,19,21)/t12-,17-/m1/s1. The Labute approximate surface area is 164 Å². The van der Waals surface area contributed by atoms with Crippen LogP contribution in [0.4, 0.5) is 0 Å². The Morgan fingerprint density at radius 2 is 1.96 bits per heavy atom. The quantitative estimate of drug-likeness (QED) is 0.490. The van der Waals surface area contributed by atoms with Crippen LogP contribution < -0.4 is 14.8 Å². The van der Waals surface area contributed by atoms with Crippen LogP contribution in [0.5, 0.6) is 11.5 Å². The van der Waals surface area contributed by atoms with E-state index in [4.69, 9.17) is 9.47 Å². The minimum atomic E-state index is -3.95. The Kier molecular flexibility index (Phi) is 7.03. The second-order valence-corrected chi connectivity index (χ2v) is 8.27. The van der Waals surface area contributed by atoms with Crippen LogP contribution >= 0.6 is 0 Å². The predicted octanol–water partition coefficient (Wildman–Crippen LogP) is 0.558. The second kappa shape index (κ2) is 9.07. The van der Waals surface area contributed by atoms with Crippen molar-refractivity contribution in [1.82, 2.24) is 9.62 Å². The summed E-state index contributed by atoms with van der Waals surface area (Å²) >= 11 is 0. The molecule has 2 rings (SSSR count). The number of hydrogen-bond donors (Lipinski definition) is 1. The largest absolute Gasteiger partial charge is 0.486 e. The Hall–Kier alpha value is -2.59. The number of carbonyl (C=O) groups is 2. The lowest BCUT2D eigenvalue weighted by Crippen LogP contribution is -2.48. The molecule has 0 saturated heterocycles. The lowest BCUT2D eigenvalue weighted by molar-refractivity contribution is -0.146. The molecule has 0 aliphatic carbocycles. The van der Waals surface area contributed by atoms with Gasteiger partial charge in [0.1, 0.15) is 19.3 Å². The van der Waals surface area contributed by atoms with E-state index in [1.54, 1.807) is 6.92 Å². The van der Waals surface area contributed by atoms with Crippen molar-refractivity contribution < 1.29 is 32.2 Å². The zero-order chi connectivity index (χ0) is 20.9. The number of hydrogen-bond acceptors (Lipinski definition) is 7. The Bertz CT molecular complexity index is 853. The van der Waals surface area contributed by atoms with Gasteiger partial charge < -0.3 is 19.5 Å². The van der Waals surface area contributed by atoms with Crippen LogP contribution in [0.25, 0.3) is 0 Å². The van der Waals surface area contributed by atoms with Crippen LogP contribution in [0.15, 0.2) is 35.7 Å². The highest BCUT2D eigenvalue weighted by atomic mass is 32.2. The van der Waals surface area contributed by atoms with Gasteiger partial charge in [0.2, 0.25) is 15.9 Å². The van der Waals surface area contributed by atoms with Gasteiger partial charge in [0, 0.05) is 19.0 Å². The van der Waals surface area contributed by atoms with Crippen molar-refractivity contribution in [2.24, 2.45) is 5.92 Å². The molecule has 1 N–H and O–H groups in total. The maximum Gasteiger partial charge on any atom is 0.328 e. The average molecular weight is 412 g/mol. The Morgan fingerprint density at radius 1 is 1.32 bits per heavy atom. The summed E-state index contributed by atoms with van der Waals surface area (Å²) in [6.45, 7) is 5.52. The minimum absolute atomic E-state index is 0.0315. The zero-order valence-electron chi connectivity index (χ0n) is 16.0. The van der Waals surface area contributed by atoms with E-state index in [0.29, 0.717) is 24.7 Å². The molecule has 10 heteroatoms. The molecule has 1 heterocycles. The number of methoxy groups -OCH3 is 1. The number of nitrogens with one attached hydrogen (secondary N) is 1. The van der Waals surface area contributed by atoms with Crippen molar-refractivity contribution in [3.05, 3.63) is 30.9 Å². The number of sulfonamides is 1. The summed E-state index contributed by atoms with van der Waals surface area (Å²) < 4.78 is 41.9. The third kappa shape index (κ3) is 4.82. The fraction of sp³-hybridized carbons (Fsp3) is 0.444. The molecule has 0 fully saturated rings. The molecular formula is C18H24N2O7S. The predicted molar refractivity (Wildman–Crippen MR) is 101 cm³/mol. The SMILES string of the molecule is C=C[C@@H](C)[C@@H](NC(=O)CN(C)S(=O)(=O)c1ccc2c(c1)OCCO2)C(=O)OC. The summed E-state index contributed by atoms with van der Waals surface area (Å²) in [5, 5.41) is 2.49. The van der Waals surface area contributed by atoms with E-state index >= 15 is 0 Å². The zero-order valence-corrected chi connectivity index (χ0v) is 16.8. The first kappa shape index (κ1) is 21.7. The lowest BCUT2D eigenvalue weighted by atomic mass is 10.0. The molecule has 0 saturated carbocycles. The first-order valence-electron chi connectivity index (χ1n) is 8.56. The molecule has 0 unspecified atom stereocenters. The molecule has 1 aromatic rings. The van der Waals surface area contributed by atoms with E-state index in [9.17, 15) is 18.0 Å². The van der Waals surface area contributed by atoms with Gasteiger partial charge in [-0.2, -0.15) is 4.31 Å². The van der Waals surface area contributed by atoms with Crippen molar-refractivity contribution in [2.75, 3.05) is 33.9 Å². The van der Waals surface area contributed by atoms with Crippen molar-refractivity contribution in [3.63, 3.8) is 0 Å². The fourth-order valence-corrected chi connectivity index (χ4v) is 3.68. The Morgan fingerprint density at radius 3 is 2.57 bits per heavy atom. The van der Waals surface area contributed by atoms with E-state index < -0.39 is 40.4 Å². The number of benzene rings is 1. The minimum Gasteiger partial charge on any atom is -0.486 e. The molecule has 1 amide bonds. The maximum atomic E-state index is 12.8. The number of esters is 1. The van der Waals surface area contributed by atoms with Crippen LogP contribution in [0.2, 0.25) is 0 Å². The molecule has 2 atom stereocenters. The topological polar surface area (TPSA) is 111 Å². The van der Waals surface area contributed by atoms with Gasteiger partial charge >= 0.3 is 5.97 Å². The van der Waals surface area contributed by atoms with Crippen molar-refractivity contribution in [1.29, 1.82) is 0 Å². The van der Waals surface area contributed by atoms with E-state index in [0.717, 1.165) is 4.31 Å². The van der Waals surface area contributed by atoms with Crippen LogP contribution in [-0.2, 0) is 24.3 Å². The number of nitrogens with zero attached hydrogens (tertiary/aromatic N) is 1. The molecule has 1 aliphatic heterocycles. The van der Waals surface area contributed by atoms with Gasteiger partial charge in [-0.15, -0.1) is 6.58 Å². The Balaban J connectivity index is 2.11. The number of likely N-dealkylation sites (N-methyl/N-ethyl adjacent to an activating group) is 1. The molecule has 1 aliphatic rings. The van der Waals surface area contributed by atoms with Crippen LogP contribution in [0.3, 0.4) is 0 Å². The third-order valence-electron chi connectivity index (χ3n) is 4.26. The van der Waals surface area contributed by atoms with E-state index in [1.165, 1.54) is 38.4 Å². The lowest BCUT2D eigenvalue weighted by Gasteiger charge is -2.23. The van der Waals surface area contributed by atoms with Crippen LogP contribution in [-0.4, -0.2) is 64.6 Å². The molecule has 0 aromatic heterocycles. The summed E-state index contributed by atoms with van der Waals surface area (Å²) in [6, 6.07) is 3.29. The molecular weight excluding hydrogens is 388 g/mol. The number of rotatable bonds is 8. The molecule has 0 bridgehead atoms. The highest BCUT2D eigenvalue weighted by Crippen LogP contribution is 2.32. The monoisotopic (exact) mass is 412 g/mol. The van der Waals surface area contributed by atoms with Crippen molar-refractivity contribution in [3.8, 4) is 11.5 Å². The highest BCUT2D eigenvalue weighted by Gasteiger charge is 2.29. The first-order chi connectivity index (χ1) is 13.2. The second-order valence-electron chi connectivity index (χ2n) is 6.23. The van der Waals surface area contributed by atoms with Gasteiger partial charge in [-0.3, -0.25) is 4.79 Å². The summed E-state index contributed by atoms with van der Waals surface area (Å²) in [5.74, 6) is -0.886. The molecule has 1 aromatic carbocycles. The van der Waals surface area contributed by atoms with Crippen LogP contribution in [0, 0.1) is 5.92 Å². The number of fused-ring (bicyclic) bond motifs is 1. The molecule has 28 heavy (non-hydrogen) atoms. The summed E-state index contributed by atoms with van der Waals surface area (Å²) in [6.07, 6.45) is 1.50. The molecule has 9 nitrogen and oxygen atoms in total. The van der Waals surface area contributed by atoms with E-state index in [2.05, 4.69) is 16.6 Å². The van der Waals surface area contributed by atoms with E-state index in [1.807, 2.05) is 0 Å². The van der Waals surface area contributed by atoms with Gasteiger partial charge in [0.25, 0.3) is 0 Å². The first-order valence-corrected chi connectivity index (χ1v) is 10.0. The van der Waals surface area contributed by atoms with Crippen LogP contribution in [0.1, 0.15) is 6.92 Å². The highest BCUT2D eigenvalue weighted by molar-refractivity contribution is 7.89. The fourth-order valence-electron chi connectivity index (χ4n) is 2.54. The average Bonchev–Trinajstić information content (AvgIpc) is 2.70. The van der Waals surface area contributed by atoms with Gasteiger partial charge in [-0.25, -0.2) is 13.2 Å². The summed E-state index contributed by atoms with van der Waals surface area (Å²) in [4.78, 5) is 24.1. The van der Waals surface area contributed by atoms with Gasteiger partial charge in [0.05, 0.1) is 18.6 Å². The van der Waals surface area contributed by atoms with Crippen molar-refractivity contribution >= 4 is 21.9 Å². The molecule has 154 valence electrons. The van der Waals surface area contributed by atoms with Crippen molar-refractivity contribution in [2.45, 2.75) is 17.9 Å². The number of carbonyl (C=O) groups excluding carboxylic acids is 2. The number of amides is 1. The molecule has 0 spiro atoms. The normalized spacial score (nSPS) is 15.4. The summed E-state index contributed by atoms with van der Waals surface area (Å²) in [5.41, 5.74) is 0. The van der Waals surface area contributed by atoms with Gasteiger partial charge in [0.15, 0.2) is 11.5 Å². The summed E-state index contributed by atoms with van der Waals surface area (Å²) in [7, 11) is -1.48. The smallest absolute Gasteiger partial charge is 0.328 e. The van der Waals surface area contributed by atoms with E-state index in [-0.39, 0.29) is 4.90 Å². The molecule has 0 radical (unpaired) electrons. The third-order valence-corrected chi connectivity index (χ3v) is 6.06. The number of ether oxygens (including phenoxy) is 3. The van der Waals surface area contributed by atoms with Gasteiger partial charge in [-0.05, 0) is 12.1 Å². The maximum absolute atomic E-state index is 12.8. The van der Waals surface area contributed by atoms with Gasteiger partial charge in [-0.1, -0.05) is 13.0 Å².